The predicted molar refractivity (Wildman–Crippen MR) is 92.9 cm³/mol. The van der Waals surface area contributed by atoms with Gasteiger partial charge in [-0.15, -0.1) is 0 Å². The lowest BCUT2D eigenvalue weighted by molar-refractivity contribution is -0.0144. The van der Waals surface area contributed by atoms with Crippen LogP contribution in [0.15, 0.2) is 0 Å². The zero-order chi connectivity index (χ0) is 15.4. The topological polar surface area (TPSA) is 21.3 Å². The van der Waals surface area contributed by atoms with Crippen LogP contribution in [0.25, 0.3) is 0 Å². The van der Waals surface area contributed by atoms with Crippen LogP contribution in [0, 0.1) is 0 Å². The number of ether oxygens (including phenoxy) is 1. The highest BCUT2D eigenvalue weighted by Crippen LogP contribution is 2.31. The first-order valence-corrected chi connectivity index (χ1v) is 9.60. The fraction of sp³-hybridized carbons (Fsp3) is 1.00. The van der Waals surface area contributed by atoms with Gasteiger partial charge in [-0.25, -0.2) is 0 Å². The Balaban J connectivity index is 2.15. The maximum Gasteiger partial charge on any atom is 0.0807 e. The number of hydrogen-bond donors (Lipinski definition) is 1. The van der Waals surface area contributed by atoms with Gasteiger partial charge in [0.15, 0.2) is 0 Å². The van der Waals surface area contributed by atoms with Crippen molar-refractivity contribution in [2.45, 2.75) is 109 Å². The summed E-state index contributed by atoms with van der Waals surface area (Å²) in [4.78, 5) is 0. The molecule has 1 aliphatic heterocycles. The van der Waals surface area contributed by atoms with Crippen LogP contribution in [0.4, 0.5) is 0 Å². The maximum absolute atomic E-state index is 6.06. The minimum absolute atomic E-state index is 0.0935. The van der Waals surface area contributed by atoms with Crippen molar-refractivity contribution in [2.24, 2.45) is 0 Å². The molecule has 126 valence electrons. The number of hydrogen-bond acceptors (Lipinski definition) is 2. The Kier molecular flexibility index (Phi) is 10.4. The molecule has 0 saturated carbocycles. The van der Waals surface area contributed by atoms with Crippen molar-refractivity contribution in [1.82, 2.24) is 5.32 Å². The van der Waals surface area contributed by atoms with Crippen molar-refractivity contribution in [1.29, 1.82) is 0 Å². The lowest BCUT2D eigenvalue weighted by Gasteiger charge is -2.34. The first kappa shape index (κ1) is 19.0. The Bertz CT molecular complexity index is 236. The van der Waals surface area contributed by atoms with Gasteiger partial charge in [-0.1, -0.05) is 65.2 Å². The summed E-state index contributed by atoms with van der Waals surface area (Å²) in [5.41, 5.74) is 0.0935. The summed E-state index contributed by atoms with van der Waals surface area (Å²) < 4.78 is 6.06. The molecule has 1 heterocycles. The molecule has 1 saturated heterocycles. The highest BCUT2D eigenvalue weighted by atomic mass is 16.5. The van der Waals surface area contributed by atoms with Gasteiger partial charge in [0.25, 0.3) is 0 Å². The summed E-state index contributed by atoms with van der Waals surface area (Å²) >= 11 is 0. The fourth-order valence-electron chi connectivity index (χ4n) is 3.50. The van der Waals surface area contributed by atoms with E-state index in [4.69, 9.17) is 4.74 Å². The summed E-state index contributed by atoms with van der Waals surface area (Å²) in [5, 5.41) is 3.75. The Hall–Kier alpha value is -0.0800. The average molecular weight is 298 g/mol. The van der Waals surface area contributed by atoms with E-state index in [1.54, 1.807) is 0 Å². The van der Waals surface area contributed by atoms with Crippen LogP contribution in [0.5, 0.6) is 0 Å². The highest BCUT2D eigenvalue weighted by Gasteiger charge is 2.37. The molecule has 0 aliphatic carbocycles. The molecule has 2 unspecified atom stereocenters. The summed E-state index contributed by atoms with van der Waals surface area (Å²) in [5.74, 6) is 0. The zero-order valence-corrected chi connectivity index (χ0v) is 14.9. The Morgan fingerprint density at radius 3 is 2.19 bits per heavy atom. The molecule has 0 aromatic heterocycles. The molecule has 0 bridgehead atoms. The third-order valence-corrected chi connectivity index (χ3v) is 4.97. The SMILES string of the molecule is CCCCCCCCCCC(NCCC)C1(C)CCCO1. The number of rotatable bonds is 13. The standard InChI is InChI=1S/C19H39NO/c1-4-6-7-8-9-10-11-12-14-18(20-16-5-2)19(3)15-13-17-21-19/h18,20H,4-17H2,1-3H3. The van der Waals surface area contributed by atoms with E-state index in [9.17, 15) is 0 Å². The third-order valence-electron chi connectivity index (χ3n) is 4.97. The van der Waals surface area contributed by atoms with Gasteiger partial charge in [-0.2, -0.15) is 0 Å². The van der Waals surface area contributed by atoms with E-state index in [1.165, 1.54) is 77.0 Å². The van der Waals surface area contributed by atoms with Crippen LogP contribution in [0.3, 0.4) is 0 Å². The second-order valence-corrected chi connectivity index (χ2v) is 7.03. The van der Waals surface area contributed by atoms with Gasteiger partial charge in [0.2, 0.25) is 0 Å². The average Bonchev–Trinajstić information content (AvgIpc) is 2.92. The van der Waals surface area contributed by atoms with Crippen molar-refractivity contribution >= 4 is 0 Å². The quantitative estimate of drug-likeness (QED) is 0.456. The van der Waals surface area contributed by atoms with Crippen LogP contribution in [-0.4, -0.2) is 24.8 Å². The lowest BCUT2D eigenvalue weighted by atomic mass is 9.89. The first-order chi connectivity index (χ1) is 10.2. The van der Waals surface area contributed by atoms with Gasteiger partial charge in [-0.3, -0.25) is 0 Å². The molecule has 1 rings (SSSR count). The van der Waals surface area contributed by atoms with Crippen molar-refractivity contribution in [3.63, 3.8) is 0 Å². The summed E-state index contributed by atoms with van der Waals surface area (Å²) in [6.45, 7) is 8.93. The van der Waals surface area contributed by atoms with Crippen molar-refractivity contribution in [3.8, 4) is 0 Å². The molecule has 2 nitrogen and oxygen atoms in total. The Morgan fingerprint density at radius 2 is 1.62 bits per heavy atom. The predicted octanol–water partition coefficient (Wildman–Crippen LogP) is 5.45. The molecular formula is C19H39NO. The summed E-state index contributed by atoms with van der Waals surface area (Å²) in [6, 6.07) is 0.556. The molecular weight excluding hydrogens is 258 g/mol. The molecule has 2 atom stereocenters. The van der Waals surface area contributed by atoms with E-state index >= 15 is 0 Å². The molecule has 1 aliphatic rings. The fourth-order valence-corrected chi connectivity index (χ4v) is 3.50. The summed E-state index contributed by atoms with van der Waals surface area (Å²) in [6.07, 6.45) is 16.2. The maximum atomic E-state index is 6.06. The Labute approximate surface area is 133 Å². The summed E-state index contributed by atoms with van der Waals surface area (Å²) in [7, 11) is 0. The highest BCUT2D eigenvalue weighted by molar-refractivity contribution is 4.92. The third kappa shape index (κ3) is 7.65. The lowest BCUT2D eigenvalue weighted by Crippen LogP contribution is -2.48. The molecule has 0 radical (unpaired) electrons. The molecule has 0 aromatic rings. The molecule has 0 spiro atoms. The Morgan fingerprint density at radius 1 is 0.952 bits per heavy atom. The molecule has 1 N–H and O–H groups in total. The molecule has 0 aromatic carbocycles. The van der Waals surface area contributed by atoms with E-state index < -0.39 is 0 Å². The van der Waals surface area contributed by atoms with Gasteiger partial charge in [-0.05, 0) is 39.2 Å². The zero-order valence-electron chi connectivity index (χ0n) is 14.9. The van der Waals surface area contributed by atoms with Crippen molar-refractivity contribution in [3.05, 3.63) is 0 Å². The van der Waals surface area contributed by atoms with Crippen LogP contribution >= 0.6 is 0 Å². The molecule has 21 heavy (non-hydrogen) atoms. The normalized spacial score (nSPS) is 23.6. The molecule has 2 heteroatoms. The van der Waals surface area contributed by atoms with Crippen molar-refractivity contribution < 1.29 is 4.74 Å². The largest absolute Gasteiger partial charge is 0.374 e. The van der Waals surface area contributed by atoms with E-state index in [2.05, 4.69) is 26.1 Å². The van der Waals surface area contributed by atoms with E-state index in [0.717, 1.165) is 13.2 Å². The van der Waals surface area contributed by atoms with Crippen molar-refractivity contribution in [2.75, 3.05) is 13.2 Å². The van der Waals surface area contributed by atoms with Crippen LogP contribution < -0.4 is 5.32 Å². The first-order valence-electron chi connectivity index (χ1n) is 9.60. The minimum atomic E-state index is 0.0935. The van der Waals surface area contributed by atoms with Gasteiger partial charge in [0.1, 0.15) is 0 Å². The van der Waals surface area contributed by atoms with Crippen LogP contribution in [0.2, 0.25) is 0 Å². The van der Waals surface area contributed by atoms with Gasteiger partial charge >= 0.3 is 0 Å². The second-order valence-electron chi connectivity index (χ2n) is 7.03. The monoisotopic (exact) mass is 297 g/mol. The smallest absolute Gasteiger partial charge is 0.0807 e. The van der Waals surface area contributed by atoms with E-state index in [0.29, 0.717) is 6.04 Å². The molecule has 1 fully saturated rings. The molecule has 0 amide bonds. The van der Waals surface area contributed by atoms with E-state index in [1.807, 2.05) is 0 Å². The van der Waals surface area contributed by atoms with Crippen LogP contribution in [-0.2, 0) is 4.74 Å². The van der Waals surface area contributed by atoms with Gasteiger partial charge in [0, 0.05) is 12.6 Å². The minimum Gasteiger partial charge on any atom is -0.374 e. The van der Waals surface area contributed by atoms with Crippen LogP contribution in [0.1, 0.15) is 97.8 Å². The van der Waals surface area contributed by atoms with E-state index in [-0.39, 0.29) is 5.60 Å². The van der Waals surface area contributed by atoms with Gasteiger partial charge < -0.3 is 10.1 Å². The number of unbranched alkanes of at least 4 members (excludes halogenated alkanes) is 7. The second kappa shape index (κ2) is 11.5. The van der Waals surface area contributed by atoms with Gasteiger partial charge in [0.05, 0.1) is 5.60 Å². The number of nitrogens with one attached hydrogen (secondary N) is 1.